The summed E-state index contributed by atoms with van der Waals surface area (Å²) in [7, 11) is 0. The summed E-state index contributed by atoms with van der Waals surface area (Å²) in [5.41, 5.74) is 1.68. The molecule has 21 heavy (non-hydrogen) atoms. The van der Waals surface area contributed by atoms with E-state index in [0.29, 0.717) is 10.7 Å². The molecule has 0 aliphatic carbocycles. The zero-order valence-electron chi connectivity index (χ0n) is 11.8. The van der Waals surface area contributed by atoms with Gasteiger partial charge in [0.15, 0.2) is 0 Å². The zero-order valence-corrected chi connectivity index (χ0v) is 13.4. The SMILES string of the molecule is Cc1nc(CN2CCN(C(=O)c3cc(Cl)c[nH]3)CC2)cs1. The van der Waals surface area contributed by atoms with E-state index in [1.54, 1.807) is 23.6 Å². The van der Waals surface area contributed by atoms with Gasteiger partial charge in [0.05, 0.1) is 15.7 Å². The maximum atomic E-state index is 12.3. The van der Waals surface area contributed by atoms with Crippen LogP contribution in [0.5, 0.6) is 0 Å². The molecule has 2 aromatic heterocycles. The van der Waals surface area contributed by atoms with Gasteiger partial charge in [-0.25, -0.2) is 4.98 Å². The van der Waals surface area contributed by atoms with Crippen LogP contribution < -0.4 is 0 Å². The number of nitrogens with zero attached hydrogens (tertiary/aromatic N) is 3. The minimum atomic E-state index is 0.0195. The van der Waals surface area contributed by atoms with Crippen LogP contribution >= 0.6 is 22.9 Å². The number of piperazine rings is 1. The monoisotopic (exact) mass is 324 g/mol. The smallest absolute Gasteiger partial charge is 0.270 e. The normalized spacial score (nSPS) is 16.4. The van der Waals surface area contributed by atoms with E-state index in [9.17, 15) is 4.79 Å². The molecule has 1 saturated heterocycles. The fourth-order valence-corrected chi connectivity index (χ4v) is 3.25. The van der Waals surface area contributed by atoms with Gasteiger partial charge < -0.3 is 9.88 Å². The Morgan fingerprint density at radius 3 is 2.76 bits per heavy atom. The van der Waals surface area contributed by atoms with E-state index in [2.05, 4.69) is 20.2 Å². The number of aromatic nitrogens is 2. The summed E-state index contributed by atoms with van der Waals surface area (Å²) in [5, 5.41) is 3.77. The summed E-state index contributed by atoms with van der Waals surface area (Å²) in [4.78, 5) is 23.9. The first-order valence-corrected chi connectivity index (χ1v) is 8.14. The van der Waals surface area contributed by atoms with Crippen molar-refractivity contribution < 1.29 is 4.79 Å². The van der Waals surface area contributed by atoms with Gasteiger partial charge in [-0.15, -0.1) is 11.3 Å². The topological polar surface area (TPSA) is 52.2 Å². The van der Waals surface area contributed by atoms with Crippen LogP contribution in [0.3, 0.4) is 0 Å². The first kappa shape index (κ1) is 14.6. The third-order valence-corrected chi connectivity index (χ3v) is 4.63. The minimum Gasteiger partial charge on any atom is -0.356 e. The molecule has 3 rings (SSSR count). The third kappa shape index (κ3) is 3.45. The average molecular weight is 325 g/mol. The van der Waals surface area contributed by atoms with Crippen molar-refractivity contribution in [1.29, 1.82) is 0 Å². The van der Waals surface area contributed by atoms with E-state index in [1.165, 1.54) is 0 Å². The number of aromatic amines is 1. The number of rotatable bonds is 3. The van der Waals surface area contributed by atoms with Crippen LogP contribution in [0, 0.1) is 6.92 Å². The number of halogens is 1. The van der Waals surface area contributed by atoms with Gasteiger partial charge in [-0.3, -0.25) is 9.69 Å². The highest BCUT2D eigenvalue weighted by molar-refractivity contribution is 7.09. The van der Waals surface area contributed by atoms with Crippen LogP contribution in [0.4, 0.5) is 0 Å². The van der Waals surface area contributed by atoms with Gasteiger partial charge in [0.1, 0.15) is 5.69 Å². The molecule has 5 nitrogen and oxygen atoms in total. The summed E-state index contributed by atoms with van der Waals surface area (Å²) in [6.45, 7) is 6.09. The Balaban J connectivity index is 1.54. The molecular formula is C14H17ClN4OS. The molecule has 0 spiro atoms. The van der Waals surface area contributed by atoms with E-state index in [0.717, 1.165) is 43.4 Å². The van der Waals surface area contributed by atoms with Crippen molar-refractivity contribution in [1.82, 2.24) is 19.8 Å². The molecule has 0 unspecified atom stereocenters. The van der Waals surface area contributed by atoms with Gasteiger partial charge in [-0.05, 0) is 13.0 Å². The Bertz CT molecular complexity index is 630. The van der Waals surface area contributed by atoms with Gasteiger partial charge in [0.25, 0.3) is 5.91 Å². The highest BCUT2D eigenvalue weighted by atomic mass is 35.5. The second kappa shape index (κ2) is 6.17. The van der Waals surface area contributed by atoms with Crippen molar-refractivity contribution in [2.24, 2.45) is 0 Å². The Kier molecular flexibility index (Phi) is 4.28. The van der Waals surface area contributed by atoms with Crippen LogP contribution in [0.25, 0.3) is 0 Å². The summed E-state index contributed by atoms with van der Waals surface area (Å²) in [5.74, 6) is 0.0195. The molecule has 7 heteroatoms. The highest BCUT2D eigenvalue weighted by Gasteiger charge is 2.23. The van der Waals surface area contributed by atoms with Crippen molar-refractivity contribution in [3.63, 3.8) is 0 Å². The molecule has 1 aliphatic heterocycles. The maximum Gasteiger partial charge on any atom is 0.270 e. The van der Waals surface area contributed by atoms with Crippen LogP contribution in [0.2, 0.25) is 5.02 Å². The van der Waals surface area contributed by atoms with Gasteiger partial charge in [-0.1, -0.05) is 11.6 Å². The summed E-state index contributed by atoms with van der Waals surface area (Å²) in [6, 6.07) is 1.67. The molecule has 0 aromatic carbocycles. The lowest BCUT2D eigenvalue weighted by molar-refractivity contribution is 0.0622. The number of hydrogen-bond acceptors (Lipinski definition) is 4. The van der Waals surface area contributed by atoms with Crippen molar-refractivity contribution >= 4 is 28.8 Å². The second-order valence-corrected chi connectivity index (χ2v) is 6.66. The molecule has 0 atom stereocenters. The van der Waals surface area contributed by atoms with E-state index < -0.39 is 0 Å². The zero-order chi connectivity index (χ0) is 14.8. The van der Waals surface area contributed by atoms with Gasteiger partial charge >= 0.3 is 0 Å². The fraction of sp³-hybridized carbons (Fsp3) is 0.429. The number of amides is 1. The van der Waals surface area contributed by atoms with Crippen molar-refractivity contribution in [2.75, 3.05) is 26.2 Å². The second-order valence-electron chi connectivity index (χ2n) is 5.16. The lowest BCUT2D eigenvalue weighted by Gasteiger charge is -2.34. The van der Waals surface area contributed by atoms with Crippen LogP contribution in [0.15, 0.2) is 17.6 Å². The Morgan fingerprint density at radius 2 is 2.19 bits per heavy atom. The van der Waals surface area contributed by atoms with Crippen LogP contribution in [0.1, 0.15) is 21.2 Å². The molecule has 0 saturated carbocycles. The fourth-order valence-electron chi connectivity index (χ4n) is 2.48. The van der Waals surface area contributed by atoms with Crippen molar-refractivity contribution in [3.05, 3.63) is 39.1 Å². The van der Waals surface area contributed by atoms with Crippen LogP contribution in [-0.4, -0.2) is 51.9 Å². The largest absolute Gasteiger partial charge is 0.356 e. The third-order valence-electron chi connectivity index (χ3n) is 3.59. The predicted molar refractivity (Wildman–Crippen MR) is 83.8 cm³/mol. The highest BCUT2D eigenvalue weighted by Crippen LogP contribution is 2.15. The number of nitrogens with one attached hydrogen (secondary N) is 1. The molecule has 112 valence electrons. The molecule has 1 aliphatic rings. The molecule has 1 fully saturated rings. The molecule has 2 aromatic rings. The van der Waals surface area contributed by atoms with E-state index in [1.807, 2.05) is 11.8 Å². The lowest BCUT2D eigenvalue weighted by atomic mass is 10.2. The first-order chi connectivity index (χ1) is 10.1. The van der Waals surface area contributed by atoms with Gasteiger partial charge in [0.2, 0.25) is 0 Å². The molecular weight excluding hydrogens is 308 g/mol. The standard InChI is InChI=1S/C14H17ClN4OS/c1-10-17-12(9-21-10)8-18-2-4-19(5-3-18)14(20)13-6-11(15)7-16-13/h6-7,9,16H,2-5,8H2,1H3. The van der Waals surface area contributed by atoms with Crippen LogP contribution in [-0.2, 0) is 6.54 Å². The summed E-state index contributed by atoms with van der Waals surface area (Å²) < 4.78 is 0. The first-order valence-electron chi connectivity index (χ1n) is 6.88. The number of hydrogen-bond donors (Lipinski definition) is 1. The molecule has 0 bridgehead atoms. The molecule has 1 N–H and O–H groups in total. The van der Waals surface area contributed by atoms with Gasteiger partial charge in [-0.2, -0.15) is 0 Å². The maximum absolute atomic E-state index is 12.3. The predicted octanol–water partition coefficient (Wildman–Crippen LogP) is 2.39. The number of carbonyl (C=O) groups excluding carboxylic acids is 1. The number of aryl methyl sites for hydroxylation is 1. The number of thiazole rings is 1. The van der Waals surface area contributed by atoms with Crippen molar-refractivity contribution in [3.8, 4) is 0 Å². The summed E-state index contributed by atoms with van der Waals surface area (Å²) >= 11 is 7.52. The Morgan fingerprint density at radius 1 is 1.43 bits per heavy atom. The van der Waals surface area contributed by atoms with Gasteiger partial charge in [0, 0.05) is 44.3 Å². The molecule has 3 heterocycles. The quantitative estimate of drug-likeness (QED) is 0.943. The van der Waals surface area contributed by atoms with E-state index in [-0.39, 0.29) is 5.91 Å². The Labute approximate surface area is 132 Å². The van der Waals surface area contributed by atoms with E-state index in [4.69, 9.17) is 11.6 Å². The average Bonchev–Trinajstić information content (AvgIpc) is 3.08. The molecule has 0 radical (unpaired) electrons. The van der Waals surface area contributed by atoms with E-state index >= 15 is 0 Å². The lowest BCUT2D eigenvalue weighted by Crippen LogP contribution is -2.48. The number of H-pyrrole nitrogens is 1. The summed E-state index contributed by atoms with van der Waals surface area (Å²) in [6.07, 6.45) is 1.63. The molecule has 1 amide bonds. The number of carbonyl (C=O) groups is 1. The Hall–Kier alpha value is -1.37. The van der Waals surface area contributed by atoms with Crippen molar-refractivity contribution in [2.45, 2.75) is 13.5 Å². The minimum absolute atomic E-state index is 0.0195.